The van der Waals surface area contributed by atoms with E-state index >= 15 is 0 Å². The van der Waals surface area contributed by atoms with Gasteiger partial charge in [0.05, 0.1) is 12.3 Å². The van der Waals surface area contributed by atoms with Crippen molar-refractivity contribution in [3.05, 3.63) is 47.5 Å². The third-order valence-corrected chi connectivity index (χ3v) is 4.26. The van der Waals surface area contributed by atoms with Gasteiger partial charge < -0.3 is 14.5 Å². The van der Waals surface area contributed by atoms with Crippen molar-refractivity contribution in [2.75, 3.05) is 37.7 Å². The van der Waals surface area contributed by atoms with Crippen molar-refractivity contribution in [2.45, 2.75) is 20.8 Å². The zero-order valence-electron chi connectivity index (χ0n) is 15.0. The number of carbonyl (C=O) groups is 1. The molecule has 6 nitrogen and oxygen atoms in total. The quantitative estimate of drug-likeness (QED) is 0.856. The number of amides is 1. The first-order chi connectivity index (χ1) is 12.1. The minimum atomic E-state index is -0.0219. The Morgan fingerprint density at radius 1 is 1.12 bits per heavy atom. The molecule has 1 fully saturated rings. The summed E-state index contributed by atoms with van der Waals surface area (Å²) < 4.78 is 5.72. The summed E-state index contributed by atoms with van der Waals surface area (Å²) in [6.45, 7) is 9.21. The van der Waals surface area contributed by atoms with Crippen LogP contribution >= 0.6 is 0 Å². The Hall–Kier alpha value is -2.63. The van der Waals surface area contributed by atoms with E-state index in [9.17, 15) is 4.79 Å². The average Bonchev–Trinajstić information content (AvgIpc) is 2.61. The number of piperazine rings is 1. The molecule has 25 heavy (non-hydrogen) atoms. The fourth-order valence-corrected chi connectivity index (χ4v) is 3.13. The van der Waals surface area contributed by atoms with E-state index in [1.165, 1.54) is 0 Å². The molecule has 2 heterocycles. The number of aryl methyl sites for hydroxylation is 2. The number of carbonyl (C=O) groups excluding carboxylic acids is 1. The molecule has 0 bridgehead atoms. The second-order valence-electron chi connectivity index (χ2n) is 6.12. The molecule has 3 rings (SSSR count). The van der Waals surface area contributed by atoms with E-state index < -0.39 is 0 Å². The molecule has 1 aliphatic rings. The Balaban J connectivity index is 1.68. The predicted octanol–water partition coefficient (Wildman–Crippen LogP) is 2.45. The van der Waals surface area contributed by atoms with Gasteiger partial charge in [-0.05, 0) is 39.0 Å². The molecular weight excluding hydrogens is 316 g/mol. The number of hydrogen-bond acceptors (Lipinski definition) is 5. The van der Waals surface area contributed by atoms with Gasteiger partial charge in [0.2, 0.25) is 0 Å². The number of nitrogens with zero attached hydrogens (tertiary/aromatic N) is 4. The summed E-state index contributed by atoms with van der Waals surface area (Å²) in [5.74, 6) is 1.51. The molecule has 0 unspecified atom stereocenters. The smallest absolute Gasteiger partial charge is 0.272 e. The maximum Gasteiger partial charge on any atom is 0.272 e. The number of rotatable bonds is 4. The van der Waals surface area contributed by atoms with Crippen LogP contribution in [0.2, 0.25) is 0 Å². The van der Waals surface area contributed by atoms with Gasteiger partial charge in [-0.2, -0.15) is 0 Å². The topological polar surface area (TPSA) is 58.6 Å². The van der Waals surface area contributed by atoms with Crippen LogP contribution in [-0.4, -0.2) is 53.6 Å². The highest BCUT2D eigenvalue weighted by molar-refractivity contribution is 5.92. The van der Waals surface area contributed by atoms with E-state index in [0.29, 0.717) is 31.2 Å². The van der Waals surface area contributed by atoms with Crippen LogP contribution in [0.25, 0.3) is 0 Å². The maximum atomic E-state index is 12.7. The molecular formula is C19H24N4O2. The standard InChI is InChI=1S/C19H24N4O2/c1-4-25-18-8-6-5-7-17(18)22-9-11-23(12-10-22)19(24)16-13-14(2)20-15(3)21-16/h5-8,13H,4,9-12H2,1-3H3. The predicted molar refractivity (Wildman–Crippen MR) is 97.2 cm³/mol. The van der Waals surface area contributed by atoms with Crippen LogP contribution in [0.3, 0.4) is 0 Å². The van der Waals surface area contributed by atoms with E-state index in [1.54, 1.807) is 6.07 Å². The Morgan fingerprint density at radius 2 is 1.84 bits per heavy atom. The molecule has 1 aromatic heterocycles. The zero-order chi connectivity index (χ0) is 17.8. The van der Waals surface area contributed by atoms with Crippen molar-refractivity contribution in [1.82, 2.24) is 14.9 Å². The van der Waals surface area contributed by atoms with Gasteiger partial charge >= 0.3 is 0 Å². The first kappa shape index (κ1) is 17.2. The summed E-state index contributed by atoms with van der Waals surface area (Å²) >= 11 is 0. The van der Waals surface area contributed by atoms with Gasteiger partial charge in [-0.1, -0.05) is 12.1 Å². The number of anilines is 1. The third-order valence-electron chi connectivity index (χ3n) is 4.26. The van der Waals surface area contributed by atoms with E-state index in [2.05, 4.69) is 20.9 Å². The highest BCUT2D eigenvalue weighted by Crippen LogP contribution is 2.28. The molecule has 1 aliphatic heterocycles. The molecule has 0 atom stereocenters. The van der Waals surface area contributed by atoms with E-state index in [-0.39, 0.29) is 5.91 Å². The highest BCUT2D eigenvalue weighted by atomic mass is 16.5. The number of para-hydroxylation sites is 2. The summed E-state index contributed by atoms with van der Waals surface area (Å²) in [5, 5.41) is 0. The SMILES string of the molecule is CCOc1ccccc1N1CCN(C(=O)c2cc(C)nc(C)n2)CC1. The lowest BCUT2D eigenvalue weighted by molar-refractivity contribution is 0.0740. The van der Waals surface area contributed by atoms with Gasteiger partial charge in [0.25, 0.3) is 5.91 Å². The number of benzene rings is 1. The fraction of sp³-hybridized carbons (Fsp3) is 0.421. The molecule has 132 valence electrons. The highest BCUT2D eigenvalue weighted by Gasteiger charge is 2.24. The molecule has 0 spiro atoms. The fourth-order valence-electron chi connectivity index (χ4n) is 3.13. The first-order valence-electron chi connectivity index (χ1n) is 8.67. The molecule has 0 radical (unpaired) electrons. The lowest BCUT2D eigenvalue weighted by Gasteiger charge is -2.36. The Labute approximate surface area is 148 Å². The molecule has 0 N–H and O–H groups in total. The summed E-state index contributed by atoms with van der Waals surface area (Å²) in [5.41, 5.74) is 2.39. The molecule has 2 aromatic rings. The zero-order valence-corrected chi connectivity index (χ0v) is 15.0. The Morgan fingerprint density at radius 3 is 2.52 bits per heavy atom. The summed E-state index contributed by atoms with van der Waals surface area (Å²) in [6, 6.07) is 9.81. The van der Waals surface area contributed by atoms with Crippen LogP contribution in [-0.2, 0) is 0 Å². The van der Waals surface area contributed by atoms with Crippen molar-refractivity contribution < 1.29 is 9.53 Å². The monoisotopic (exact) mass is 340 g/mol. The minimum absolute atomic E-state index is 0.0219. The van der Waals surface area contributed by atoms with Crippen molar-refractivity contribution in [3.8, 4) is 5.75 Å². The molecule has 0 aliphatic carbocycles. The van der Waals surface area contributed by atoms with Gasteiger partial charge in [-0.3, -0.25) is 4.79 Å². The second kappa shape index (κ2) is 7.51. The molecule has 0 saturated carbocycles. The Bertz CT molecular complexity index is 735. The maximum absolute atomic E-state index is 12.7. The van der Waals surface area contributed by atoms with Crippen molar-refractivity contribution >= 4 is 11.6 Å². The number of ether oxygens (including phenoxy) is 1. The normalized spacial score (nSPS) is 14.5. The van der Waals surface area contributed by atoms with E-state index in [0.717, 1.165) is 30.2 Å². The Kier molecular flexibility index (Phi) is 5.16. The first-order valence-corrected chi connectivity index (χ1v) is 8.67. The minimum Gasteiger partial charge on any atom is -0.492 e. The lowest BCUT2D eigenvalue weighted by Crippen LogP contribution is -2.49. The average molecular weight is 340 g/mol. The van der Waals surface area contributed by atoms with Gasteiger partial charge in [0.15, 0.2) is 0 Å². The van der Waals surface area contributed by atoms with Crippen LogP contribution < -0.4 is 9.64 Å². The van der Waals surface area contributed by atoms with Crippen LogP contribution in [0, 0.1) is 13.8 Å². The molecule has 1 saturated heterocycles. The van der Waals surface area contributed by atoms with Gasteiger partial charge in [0, 0.05) is 31.9 Å². The van der Waals surface area contributed by atoms with Crippen LogP contribution in [0.15, 0.2) is 30.3 Å². The second-order valence-corrected chi connectivity index (χ2v) is 6.12. The summed E-state index contributed by atoms with van der Waals surface area (Å²) in [4.78, 5) is 25.4. The van der Waals surface area contributed by atoms with E-state index in [4.69, 9.17) is 4.74 Å². The van der Waals surface area contributed by atoms with Crippen molar-refractivity contribution in [1.29, 1.82) is 0 Å². The molecule has 6 heteroatoms. The summed E-state index contributed by atoms with van der Waals surface area (Å²) in [6.07, 6.45) is 0. The summed E-state index contributed by atoms with van der Waals surface area (Å²) in [7, 11) is 0. The number of hydrogen-bond donors (Lipinski definition) is 0. The van der Waals surface area contributed by atoms with Gasteiger partial charge in [0.1, 0.15) is 17.3 Å². The largest absolute Gasteiger partial charge is 0.492 e. The van der Waals surface area contributed by atoms with Crippen LogP contribution in [0.5, 0.6) is 5.75 Å². The third kappa shape index (κ3) is 3.90. The number of aromatic nitrogens is 2. The van der Waals surface area contributed by atoms with Crippen LogP contribution in [0.1, 0.15) is 28.9 Å². The lowest BCUT2D eigenvalue weighted by atomic mass is 10.2. The van der Waals surface area contributed by atoms with Crippen molar-refractivity contribution in [2.24, 2.45) is 0 Å². The van der Waals surface area contributed by atoms with Gasteiger partial charge in [-0.15, -0.1) is 0 Å². The van der Waals surface area contributed by atoms with Gasteiger partial charge in [-0.25, -0.2) is 9.97 Å². The van der Waals surface area contributed by atoms with Crippen molar-refractivity contribution in [3.63, 3.8) is 0 Å². The molecule has 1 amide bonds. The van der Waals surface area contributed by atoms with Crippen LogP contribution in [0.4, 0.5) is 5.69 Å². The van der Waals surface area contributed by atoms with E-state index in [1.807, 2.05) is 43.9 Å². The molecule has 1 aromatic carbocycles.